The molecule has 0 radical (unpaired) electrons. The fourth-order valence-corrected chi connectivity index (χ4v) is 5.56. The predicted octanol–water partition coefficient (Wildman–Crippen LogP) is 7.00. The van der Waals surface area contributed by atoms with E-state index in [0.29, 0.717) is 0 Å². The average molecular weight is 405 g/mol. The average Bonchev–Trinajstić information content (AvgIpc) is 3.23. The van der Waals surface area contributed by atoms with Gasteiger partial charge in [0.05, 0.1) is 5.56 Å². The van der Waals surface area contributed by atoms with E-state index >= 15 is 0 Å². The largest absolute Gasteiger partial charge is 0.454 e. The lowest BCUT2D eigenvalue weighted by molar-refractivity contribution is -0.660. The molecular weight excluding hydrogens is 378 g/mol. The number of hydrogen-bond acceptors (Lipinski definition) is 1. The molecule has 0 spiro atoms. The molecule has 2 nitrogen and oxygen atoms in total. The van der Waals surface area contributed by atoms with Crippen LogP contribution >= 0.6 is 0 Å². The summed E-state index contributed by atoms with van der Waals surface area (Å²) in [6, 6.07) is 22.0. The van der Waals surface area contributed by atoms with Crippen molar-refractivity contribution in [2.45, 2.75) is 33.1 Å². The predicted molar refractivity (Wildman–Crippen MR) is 127 cm³/mol. The molecule has 0 unspecified atom stereocenters. The second kappa shape index (κ2) is 6.07. The van der Waals surface area contributed by atoms with Gasteiger partial charge in [-0.25, -0.2) is 4.57 Å². The van der Waals surface area contributed by atoms with E-state index in [4.69, 9.17) is 4.42 Å². The third-order valence-corrected chi connectivity index (χ3v) is 7.17. The van der Waals surface area contributed by atoms with Gasteiger partial charge in [-0.1, -0.05) is 56.3 Å². The Bertz CT molecular complexity index is 1530. The number of aryl methyl sites for hydroxylation is 3. The molecular formula is C29H26NO+. The van der Waals surface area contributed by atoms with Crippen LogP contribution in [-0.2, 0) is 12.5 Å². The minimum absolute atomic E-state index is 0.0333. The molecule has 0 amide bonds. The van der Waals surface area contributed by atoms with Crippen molar-refractivity contribution in [2.24, 2.45) is 7.05 Å². The normalized spacial score (nSPS) is 14.2. The number of nitrogens with zero attached hydrogens (tertiary/aromatic N) is 1. The molecule has 0 saturated heterocycles. The molecule has 1 aliphatic rings. The lowest BCUT2D eigenvalue weighted by atomic mass is 9.81. The van der Waals surface area contributed by atoms with Gasteiger partial charge in [-0.05, 0) is 47.7 Å². The van der Waals surface area contributed by atoms with Crippen LogP contribution < -0.4 is 4.57 Å². The van der Waals surface area contributed by atoms with Crippen molar-refractivity contribution >= 4 is 21.9 Å². The summed E-state index contributed by atoms with van der Waals surface area (Å²) in [6.07, 6.45) is 2.10. The van der Waals surface area contributed by atoms with E-state index in [-0.39, 0.29) is 5.41 Å². The SMILES string of the molecule is Cc1ccc2c(oc3c4c(cc(C)c32)C(C)(C)c2ccccc2-4)c1-c1cccc[n+]1C. The maximum absolute atomic E-state index is 6.83. The van der Waals surface area contributed by atoms with Gasteiger partial charge in [-0.2, -0.15) is 0 Å². The van der Waals surface area contributed by atoms with Crippen LogP contribution in [0.2, 0.25) is 0 Å². The van der Waals surface area contributed by atoms with Gasteiger partial charge in [0, 0.05) is 33.9 Å². The van der Waals surface area contributed by atoms with Gasteiger partial charge in [0.1, 0.15) is 18.2 Å². The Hall–Kier alpha value is -3.39. The van der Waals surface area contributed by atoms with Gasteiger partial charge < -0.3 is 4.42 Å². The molecule has 0 atom stereocenters. The van der Waals surface area contributed by atoms with Crippen molar-refractivity contribution in [3.63, 3.8) is 0 Å². The molecule has 2 heteroatoms. The van der Waals surface area contributed by atoms with Crippen molar-refractivity contribution in [1.29, 1.82) is 0 Å². The Morgan fingerprint density at radius 3 is 2.35 bits per heavy atom. The number of rotatable bonds is 1. The topological polar surface area (TPSA) is 17.0 Å². The number of pyridine rings is 1. The lowest BCUT2D eigenvalue weighted by Gasteiger charge is -2.21. The number of benzene rings is 3. The minimum Gasteiger partial charge on any atom is -0.454 e. The summed E-state index contributed by atoms with van der Waals surface area (Å²) in [5, 5.41) is 2.43. The lowest BCUT2D eigenvalue weighted by Crippen LogP contribution is -2.30. The molecule has 0 saturated carbocycles. The minimum atomic E-state index is -0.0333. The number of aromatic nitrogens is 1. The first-order valence-corrected chi connectivity index (χ1v) is 10.9. The Morgan fingerprint density at radius 1 is 0.774 bits per heavy atom. The number of fused-ring (bicyclic) bond motifs is 7. The summed E-state index contributed by atoms with van der Waals surface area (Å²) in [5.41, 5.74) is 12.1. The van der Waals surface area contributed by atoms with E-state index in [0.717, 1.165) is 11.2 Å². The summed E-state index contributed by atoms with van der Waals surface area (Å²) in [7, 11) is 2.10. The molecule has 0 N–H and O–H groups in total. The Balaban J connectivity index is 1.81. The maximum Gasteiger partial charge on any atom is 0.216 e. The molecule has 2 aromatic heterocycles. The van der Waals surface area contributed by atoms with E-state index in [1.165, 1.54) is 55.4 Å². The van der Waals surface area contributed by atoms with Gasteiger partial charge in [0.25, 0.3) is 0 Å². The molecule has 3 aromatic carbocycles. The quantitative estimate of drug-likeness (QED) is 0.275. The fraction of sp³-hybridized carbons (Fsp3) is 0.207. The molecule has 2 heterocycles. The second-order valence-corrected chi connectivity index (χ2v) is 9.42. The highest BCUT2D eigenvalue weighted by Gasteiger charge is 2.38. The number of hydrogen-bond donors (Lipinski definition) is 0. The highest BCUT2D eigenvalue weighted by Crippen LogP contribution is 2.53. The molecule has 1 aliphatic carbocycles. The zero-order valence-electron chi connectivity index (χ0n) is 18.7. The molecule has 0 fully saturated rings. The van der Waals surface area contributed by atoms with E-state index in [1.54, 1.807) is 0 Å². The summed E-state index contributed by atoms with van der Waals surface area (Å²) in [4.78, 5) is 0. The third kappa shape index (κ3) is 2.31. The van der Waals surface area contributed by atoms with Crippen LogP contribution in [0.4, 0.5) is 0 Å². The van der Waals surface area contributed by atoms with E-state index in [9.17, 15) is 0 Å². The second-order valence-electron chi connectivity index (χ2n) is 9.42. The van der Waals surface area contributed by atoms with Crippen LogP contribution in [0.1, 0.15) is 36.1 Å². The van der Waals surface area contributed by atoms with E-state index in [1.807, 2.05) is 0 Å². The summed E-state index contributed by atoms with van der Waals surface area (Å²) in [5.74, 6) is 0. The zero-order chi connectivity index (χ0) is 21.5. The van der Waals surface area contributed by atoms with Crippen molar-refractivity contribution in [3.05, 3.63) is 89.1 Å². The Morgan fingerprint density at radius 2 is 1.55 bits per heavy atom. The van der Waals surface area contributed by atoms with Crippen molar-refractivity contribution in [1.82, 2.24) is 0 Å². The van der Waals surface area contributed by atoms with Crippen molar-refractivity contribution in [2.75, 3.05) is 0 Å². The first-order valence-electron chi connectivity index (χ1n) is 10.9. The summed E-state index contributed by atoms with van der Waals surface area (Å²) < 4.78 is 9.01. The molecule has 152 valence electrons. The van der Waals surface area contributed by atoms with Gasteiger partial charge in [-0.3, -0.25) is 0 Å². The standard InChI is InChI=1S/C29H26NO/c1-17-13-14-20-24-18(2)16-22-26(19-10-6-7-11-21(19)29(22,3)4)28(24)31-27(20)25(17)23-12-8-9-15-30(23)5/h6-16H,1-5H3/q+1. The summed E-state index contributed by atoms with van der Waals surface area (Å²) >= 11 is 0. The maximum atomic E-state index is 6.83. The monoisotopic (exact) mass is 404 g/mol. The van der Waals surface area contributed by atoms with Crippen molar-refractivity contribution in [3.8, 4) is 22.4 Å². The van der Waals surface area contributed by atoms with Gasteiger partial charge in [0.2, 0.25) is 5.69 Å². The highest BCUT2D eigenvalue weighted by atomic mass is 16.3. The number of furan rings is 1. The molecule has 5 aromatic rings. The van der Waals surface area contributed by atoms with Gasteiger partial charge >= 0.3 is 0 Å². The first kappa shape index (κ1) is 18.4. The first-order chi connectivity index (χ1) is 14.9. The molecule has 0 aliphatic heterocycles. The highest BCUT2D eigenvalue weighted by molar-refractivity contribution is 6.16. The fourth-order valence-electron chi connectivity index (χ4n) is 5.56. The smallest absolute Gasteiger partial charge is 0.216 e. The van der Waals surface area contributed by atoms with Crippen LogP contribution in [0.3, 0.4) is 0 Å². The van der Waals surface area contributed by atoms with Gasteiger partial charge in [0.15, 0.2) is 6.20 Å². The van der Waals surface area contributed by atoms with Crippen LogP contribution in [0, 0.1) is 13.8 Å². The van der Waals surface area contributed by atoms with Gasteiger partial charge in [-0.15, -0.1) is 0 Å². The Kier molecular flexibility index (Phi) is 3.60. The molecule has 31 heavy (non-hydrogen) atoms. The summed E-state index contributed by atoms with van der Waals surface area (Å²) in [6.45, 7) is 9.04. The molecule has 6 rings (SSSR count). The van der Waals surface area contributed by atoms with Crippen LogP contribution in [0.25, 0.3) is 44.3 Å². The van der Waals surface area contributed by atoms with E-state index in [2.05, 4.69) is 106 Å². The van der Waals surface area contributed by atoms with Crippen LogP contribution in [0.15, 0.2) is 71.3 Å². The van der Waals surface area contributed by atoms with Crippen molar-refractivity contribution < 1.29 is 8.98 Å². The van der Waals surface area contributed by atoms with Crippen LogP contribution in [-0.4, -0.2) is 0 Å². The molecule has 0 bridgehead atoms. The third-order valence-electron chi connectivity index (χ3n) is 7.17. The van der Waals surface area contributed by atoms with E-state index < -0.39 is 0 Å². The Labute approximate surface area is 182 Å². The van der Waals surface area contributed by atoms with Crippen LogP contribution in [0.5, 0.6) is 0 Å². The zero-order valence-corrected chi connectivity index (χ0v) is 18.7.